The van der Waals surface area contributed by atoms with Crippen LogP contribution in [-0.2, 0) is 26.0 Å². The number of nitrogens with zero attached hydrogens (tertiary/aromatic N) is 2. The molecular formula is C24H23BrN2O6S2. The molecule has 11 heteroatoms. The van der Waals surface area contributed by atoms with E-state index in [0.29, 0.717) is 23.6 Å². The normalized spacial score (nSPS) is 16.2. The number of ether oxygens (including phenoxy) is 2. The number of imide groups is 1. The zero-order valence-corrected chi connectivity index (χ0v) is 22.2. The summed E-state index contributed by atoms with van der Waals surface area (Å²) in [6.07, 6.45) is 0.0760. The van der Waals surface area contributed by atoms with Crippen molar-refractivity contribution in [1.82, 2.24) is 4.31 Å². The van der Waals surface area contributed by atoms with Crippen molar-refractivity contribution in [2.24, 2.45) is 0 Å². The van der Waals surface area contributed by atoms with E-state index in [9.17, 15) is 18.0 Å². The maximum Gasteiger partial charge on any atom is 0.253 e. The summed E-state index contributed by atoms with van der Waals surface area (Å²) < 4.78 is 39.8. The fourth-order valence-electron chi connectivity index (χ4n) is 3.95. The molecule has 3 aromatic rings. The lowest BCUT2D eigenvalue weighted by Gasteiger charge is -2.26. The molecule has 2 heterocycles. The summed E-state index contributed by atoms with van der Waals surface area (Å²) in [5.74, 6) is 0.0665. The minimum absolute atomic E-state index is 0.00752. The van der Waals surface area contributed by atoms with Crippen molar-refractivity contribution >= 4 is 54.8 Å². The summed E-state index contributed by atoms with van der Waals surface area (Å²) in [5, 5.41) is 1.66. The molecule has 0 saturated carbocycles. The molecule has 1 unspecified atom stereocenters. The van der Waals surface area contributed by atoms with E-state index in [1.54, 1.807) is 47.8 Å². The molecular weight excluding hydrogens is 556 g/mol. The van der Waals surface area contributed by atoms with Gasteiger partial charge in [0, 0.05) is 11.0 Å². The van der Waals surface area contributed by atoms with Crippen LogP contribution in [0.3, 0.4) is 0 Å². The maximum atomic E-state index is 13.6. The van der Waals surface area contributed by atoms with Crippen LogP contribution in [0.15, 0.2) is 68.7 Å². The topological polar surface area (TPSA) is 93.2 Å². The predicted molar refractivity (Wildman–Crippen MR) is 137 cm³/mol. The van der Waals surface area contributed by atoms with Crippen molar-refractivity contribution in [2.45, 2.75) is 23.1 Å². The van der Waals surface area contributed by atoms with Gasteiger partial charge in [-0.25, -0.2) is 13.3 Å². The number of hydrogen-bond donors (Lipinski definition) is 0. The van der Waals surface area contributed by atoms with Gasteiger partial charge in [-0.1, -0.05) is 28.1 Å². The Morgan fingerprint density at radius 1 is 1.06 bits per heavy atom. The van der Waals surface area contributed by atoms with Gasteiger partial charge in [0.15, 0.2) is 11.5 Å². The zero-order chi connectivity index (χ0) is 25.2. The monoisotopic (exact) mass is 578 g/mol. The molecule has 0 N–H and O–H groups in total. The number of halogens is 1. The summed E-state index contributed by atoms with van der Waals surface area (Å²) in [6, 6.07) is 14.0. The van der Waals surface area contributed by atoms with E-state index in [-0.39, 0.29) is 17.2 Å². The number of methoxy groups -OCH3 is 2. The lowest BCUT2D eigenvalue weighted by atomic mass is 10.1. The minimum Gasteiger partial charge on any atom is -0.493 e. The van der Waals surface area contributed by atoms with Crippen LogP contribution >= 0.6 is 27.3 Å². The lowest BCUT2D eigenvalue weighted by Crippen LogP contribution is -2.46. The highest BCUT2D eigenvalue weighted by atomic mass is 79.9. The van der Waals surface area contributed by atoms with Gasteiger partial charge in [-0.3, -0.25) is 9.59 Å². The molecule has 0 radical (unpaired) electrons. The molecule has 184 valence electrons. The number of hydrogen-bond acceptors (Lipinski definition) is 7. The summed E-state index contributed by atoms with van der Waals surface area (Å²) in [4.78, 5) is 27.3. The minimum atomic E-state index is -4.02. The van der Waals surface area contributed by atoms with Crippen LogP contribution in [-0.4, -0.2) is 51.3 Å². The fourth-order valence-corrected chi connectivity index (χ4v) is 6.91. The molecule has 0 aliphatic carbocycles. The molecule has 1 aliphatic rings. The van der Waals surface area contributed by atoms with Gasteiger partial charge in [0.25, 0.3) is 15.9 Å². The highest BCUT2D eigenvalue weighted by Crippen LogP contribution is 2.32. The molecule has 1 atom stereocenters. The van der Waals surface area contributed by atoms with Crippen molar-refractivity contribution in [2.75, 3.05) is 25.7 Å². The molecule has 2 aromatic carbocycles. The van der Waals surface area contributed by atoms with Crippen LogP contribution in [0.1, 0.15) is 12.0 Å². The third-order valence-corrected chi connectivity index (χ3v) is 9.49. The van der Waals surface area contributed by atoms with E-state index in [1.807, 2.05) is 6.07 Å². The first kappa shape index (κ1) is 25.4. The van der Waals surface area contributed by atoms with E-state index in [4.69, 9.17) is 9.47 Å². The molecule has 1 aromatic heterocycles. The van der Waals surface area contributed by atoms with Gasteiger partial charge in [-0.05, 0) is 59.8 Å². The summed E-state index contributed by atoms with van der Waals surface area (Å²) in [6.45, 7) is 0.00752. The second kappa shape index (κ2) is 10.5. The highest BCUT2D eigenvalue weighted by Gasteiger charge is 2.47. The summed E-state index contributed by atoms with van der Waals surface area (Å²) >= 11 is 4.41. The molecule has 0 spiro atoms. The van der Waals surface area contributed by atoms with E-state index < -0.39 is 27.9 Å². The number of amides is 2. The summed E-state index contributed by atoms with van der Waals surface area (Å²) in [5.41, 5.74) is 1.20. The number of thiophene rings is 1. The van der Waals surface area contributed by atoms with Gasteiger partial charge in [0.1, 0.15) is 10.3 Å². The Labute approximate surface area is 216 Å². The molecule has 4 rings (SSSR count). The first-order valence-electron chi connectivity index (χ1n) is 10.6. The van der Waals surface area contributed by atoms with Gasteiger partial charge >= 0.3 is 0 Å². The second-order valence-corrected chi connectivity index (χ2v) is 11.7. The van der Waals surface area contributed by atoms with Gasteiger partial charge < -0.3 is 9.47 Å². The van der Waals surface area contributed by atoms with Crippen LogP contribution in [0, 0.1) is 0 Å². The first-order valence-corrected chi connectivity index (χ1v) is 13.8. The van der Waals surface area contributed by atoms with Crippen LogP contribution < -0.4 is 14.4 Å². The van der Waals surface area contributed by atoms with Crippen molar-refractivity contribution < 1.29 is 27.5 Å². The van der Waals surface area contributed by atoms with Crippen molar-refractivity contribution in [1.29, 1.82) is 0 Å². The van der Waals surface area contributed by atoms with Crippen LogP contribution in [0.4, 0.5) is 5.69 Å². The fraction of sp³-hybridized carbons (Fsp3) is 0.250. The molecule has 35 heavy (non-hydrogen) atoms. The SMILES string of the molecule is COc1ccc(CCN(C2CC(=O)N(c3ccc(Br)cc3)C2=O)S(=O)(=O)c2cccs2)cc1OC. The van der Waals surface area contributed by atoms with E-state index >= 15 is 0 Å². The van der Waals surface area contributed by atoms with Crippen molar-refractivity contribution in [3.8, 4) is 11.5 Å². The molecule has 0 bridgehead atoms. The van der Waals surface area contributed by atoms with Gasteiger partial charge in [-0.15, -0.1) is 11.3 Å². The Balaban J connectivity index is 1.66. The van der Waals surface area contributed by atoms with Crippen LogP contribution in [0.5, 0.6) is 11.5 Å². The second-order valence-electron chi connectivity index (χ2n) is 7.75. The van der Waals surface area contributed by atoms with Crippen molar-refractivity contribution in [3.05, 3.63) is 70.0 Å². The lowest BCUT2D eigenvalue weighted by molar-refractivity contribution is -0.122. The molecule has 1 saturated heterocycles. The highest BCUT2D eigenvalue weighted by molar-refractivity contribution is 9.10. The number of anilines is 1. The maximum absolute atomic E-state index is 13.6. The molecule has 2 amide bonds. The predicted octanol–water partition coefficient (Wildman–Crippen LogP) is 4.09. The number of sulfonamides is 1. The smallest absolute Gasteiger partial charge is 0.253 e. The Morgan fingerprint density at radius 2 is 1.77 bits per heavy atom. The van der Waals surface area contributed by atoms with Gasteiger partial charge in [0.05, 0.1) is 26.3 Å². The van der Waals surface area contributed by atoms with Gasteiger partial charge in [-0.2, -0.15) is 4.31 Å². The number of benzene rings is 2. The number of carbonyl (C=O) groups is 2. The Morgan fingerprint density at radius 3 is 2.40 bits per heavy atom. The Kier molecular flexibility index (Phi) is 7.60. The van der Waals surface area contributed by atoms with E-state index in [0.717, 1.165) is 30.6 Å². The van der Waals surface area contributed by atoms with Crippen LogP contribution in [0.2, 0.25) is 0 Å². The molecule has 1 fully saturated rings. The standard InChI is InChI=1S/C24H23BrN2O6S2/c1-32-20-10-5-16(14-21(20)33-2)11-12-26(35(30,31)23-4-3-13-34-23)19-15-22(28)27(24(19)29)18-8-6-17(25)7-9-18/h3-10,13-14,19H,11-12,15H2,1-2H3. The molecule has 8 nitrogen and oxygen atoms in total. The van der Waals surface area contributed by atoms with Gasteiger partial charge in [0.2, 0.25) is 5.91 Å². The molecule has 1 aliphatic heterocycles. The summed E-state index contributed by atoms with van der Waals surface area (Å²) in [7, 11) is -0.963. The average molecular weight is 579 g/mol. The average Bonchev–Trinajstić information content (AvgIpc) is 3.49. The van der Waals surface area contributed by atoms with Crippen molar-refractivity contribution in [3.63, 3.8) is 0 Å². The third kappa shape index (κ3) is 5.13. The van der Waals surface area contributed by atoms with Crippen LogP contribution in [0.25, 0.3) is 0 Å². The first-order chi connectivity index (χ1) is 16.8. The van der Waals surface area contributed by atoms with E-state index in [2.05, 4.69) is 15.9 Å². The largest absolute Gasteiger partial charge is 0.493 e. The third-order valence-electron chi connectivity index (χ3n) is 5.68. The quantitative estimate of drug-likeness (QED) is 0.355. The number of rotatable bonds is 9. The Hall–Kier alpha value is -2.73. The Bertz CT molecular complexity index is 1330. The zero-order valence-electron chi connectivity index (χ0n) is 19.0. The number of carbonyl (C=O) groups excluding carboxylic acids is 2. The van der Waals surface area contributed by atoms with E-state index in [1.165, 1.54) is 20.3 Å².